The lowest BCUT2D eigenvalue weighted by Crippen LogP contribution is -2.44. The van der Waals surface area contributed by atoms with Gasteiger partial charge in [-0.3, -0.25) is 0 Å². The molecule has 0 aliphatic heterocycles. The van der Waals surface area contributed by atoms with Crippen LogP contribution in [0.5, 0.6) is 0 Å². The minimum Gasteiger partial charge on any atom is -0.312 e. The number of fused-ring (bicyclic) bond motifs is 1. The highest BCUT2D eigenvalue weighted by atomic mass is 32.2. The highest BCUT2D eigenvalue weighted by Gasteiger charge is 2.42. The molecule has 0 aromatic heterocycles. The molecule has 1 aromatic rings. The number of hydrogen-bond acceptors (Lipinski definition) is 3. The highest BCUT2D eigenvalue weighted by Crippen LogP contribution is 2.41. The Morgan fingerprint density at radius 1 is 1.14 bits per heavy atom. The molecule has 118 valence electrons. The standard InChI is InChI=1S/C17H27NO2S/c1-11(2)13(4)21(19,20)16-10-12(3)14-8-6-7-9-15(14)17(16)18-5/h6-9,11-13,16-18H,10H2,1-5H3. The van der Waals surface area contributed by atoms with Crippen molar-refractivity contribution in [1.82, 2.24) is 5.32 Å². The van der Waals surface area contributed by atoms with Gasteiger partial charge in [-0.05, 0) is 43.4 Å². The molecular weight excluding hydrogens is 282 g/mol. The first-order valence-electron chi connectivity index (χ1n) is 7.79. The number of nitrogens with one attached hydrogen (secondary N) is 1. The Morgan fingerprint density at radius 3 is 2.24 bits per heavy atom. The number of rotatable bonds is 4. The number of benzene rings is 1. The third-order valence-corrected chi connectivity index (χ3v) is 7.90. The summed E-state index contributed by atoms with van der Waals surface area (Å²) in [6, 6.07) is 8.11. The van der Waals surface area contributed by atoms with Gasteiger partial charge in [0.15, 0.2) is 9.84 Å². The van der Waals surface area contributed by atoms with Crippen LogP contribution in [0.3, 0.4) is 0 Å². The Balaban J connectivity index is 2.47. The van der Waals surface area contributed by atoms with Gasteiger partial charge in [0.2, 0.25) is 0 Å². The van der Waals surface area contributed by atoms with Gasteiger partial charge < -0.3 is 5.32 Å². The molecule has 1 aliphatic carbocycles. The molecule has 0 heterocycles. The summed E-state index contributed by atoms with van der Waals surface area (Å²) in [5, 5.41) is 2.60. The van der Waals surface area contributed by atoms with E-state index in [1.807, 2.05) is 40.0 Å². The van der Waals surface area contributed by atoms with Crippen molar-refractivity contribution < 1.29 is 8.42 Å². The first-order valence-corrected chi connectivity index (χ1v) is 9.40. The second-order valence-corrected chi connectivity index (χ2v) is 9.14. The first-order chi connectivity index (χ1) is 9.80. The Labute approximate surface area is 129 Å². The molecule has 1 N–H and O–H groups in total. The first kappa shape index (κ1) is 16.5. The van der Waals surface area contributed by atoms with Crippen LogP contribution in [0.2, 0.25) is 0 Å². The van der Waals surface area contributed by atoms with Gasteiger partial charge in [0.1, 0.15) is 0 Å². The summed E-state index contributed by atoms with van der Waals surface area (Å²) in [4.78, 5) is 0. The maximum atomic E-state index is 13.0. The molecule has 0 bridgehead atoms. The topological polar surface area (TPSA) is 46.2 Å². The molecule has 1 aromatic carbocycles. The molecule has 0 amide bonds. The van der Waals surface area contributed by atoms with Crippen molar-refractivity contribution in [3.63, 3.8) is 0 Å². The normalized spacial score (nSPS) is 27.4. The summed E-state index contributed by atoms with van der Waals surface area (Å²) >= 11 is 0. The van der Waals surface area contributed by atoms with Crippen LogP contribution in [0.4, 0.5) is 0 Å². The summed E-state index contributed by atoms with van der Waals surface area (Å²) in [5.41, 5.74) is 2.42. The third kappa shape index (κ3) is 2.88. The smallest absolute Gasteiger partial charge is 0.157 e. The fourth-order valence-corrected chi connectivity index (χ4v) is 5.90. The van der Waals surface area contributed by atoms with Crippen LogP contribution < -0.4 is 5.32 Å². The average Bonchev–Trinajstić information content (AvgIpc) is 2.46. The van der Waals surface area contributed by atoms with Crippen molar-refractivity contribution in [1.29, 1.82) is 0 Å². The molecule has 2 rings (SSSR count). The highest BCUT2D eigenvalue weighted by molar-refractivity contribution is 7.92. The van der Waals surface area contributed by atoms with Crippen LogP contribution in [0.15, 0.2) is 24.3 Å². The van der Waals surface area contributed by atoms with Crippen LogP contribution in [-0.2, 0) is 9.84 Å². The zero-order valence-corrected chi connectivity index (χ0v) is 14.4. The molecule has 4 heteroatoms. The maximum absolute atomic E-state index is 13.0. The van der Waals surface area contributed by atoms with Crippen LogP contribution in [-0.4, -0.2) is 26.0 Å². The van der Waals surface area contributed by atoms with Gasteiger partial charge in [-0.25, -0.2) is 8.42 Å². The zero-order chi connectivity index (χ0) is 15.8. The second kappa shape index (κ2) is 6.09. The lowest BCUT2D eigenvalue weighted by molar-refractivity contribution is 0.436. The Bertz CT molecular complexity index is 595. The van der Waals surface area contributed by atoms with E-state index in [0.29, 0.717) is 6.42 Å². The van der Waals surface area contributed by atoms with Crippen molar-refractivity contribution in [2.75, 3.05) is 7.05 Å². The molecule has 4 unspecified atom stereocenters. The maximum Gasteiger partial charge on any atom is 0.157 e. The van der Waals surface area contributed by atoms with E-state index < -0.39 is 9.84 Å². The molecule has 0 fully saturated rings. The summed E-state index contributed by atoms with van der Waals surface area (Å²) in [5.74, 6) is 0.421. The van der Waals surface area contributed by atoms with Gasteiger partial charge in [-0.2, -0.15) is 0 Å². The minimum absolute atomic E-state index is 0.108. The van der Waals surface area contributed by atoms with E-state index >= 15 is 0 Å². The molecule has 3 nitrogen and oxygen atoms in total. The molecule has 21 heavy (non-hydrogen) atoms. The summed E-state index contributed by atoms with van der Waals surface area (Å²) in [6.45, 7) is 7.94. The van der Waals surface area contributed by atoms with Crippen LogP contribution >= 0.6 is 0 Å². The van der Waals surface area contributed by atoms with E-state index in [9.17, 15) is 8.42 Å². The average molecular weight is 309 g/mol. The van der Waals surface area contributed by atoms with Crippen LogP contribution in [0.1, 0.15) is 57.2 Å². The predicted molar refractivity (Wildman–Crippen MR) is 88.3 cm³/mol. The van der Waals surface area contributed by atoms with Crippen LogP contribution in [0.25, 0.3) is 0 Å². The Morgan fingerprint density at radius 2 is 1.71 bits per heavy atom. The lowest BCUT2D eigenvalue weighted by atomic mass is 9.81. The van der Waals surface area contributed by atoms with Gasteiger partial charge in [0, 0.05) is 6.04 Å². The molecule has 0 saturated carbocycles. The summed E-state index contributed by atoms with van der Waals surface area (Å²) < 4.78 is 26.0. The quantitative estimate of drug-likeness (QED) is 0.928. The van der Waals surface area contributed by atoms with Gasteiger partial charge in [0.25, 0.3) is 0 Å². The molecule has 4 atom stereocenters. The van der Waals surface area contributed by atoms with Crippen molar-refractivity contribution in [2.24, 2.45) is 5.92 Å². The largest absolute Gasteiger partial charge is 0.312 e. The van der Waals surface area contributed by atoms with E-state index in [1.54, 1.807) is 0 Å². The third-order valence-electron chi connectivity index (χ3n) is 5.01. The van der Waals surface area contributed by atoms with E-state index in [0.717, 1.165) is 5.56 Å². The van der Waals surface area contributed by atoms with Gasteiger partial charge in [-0.15, -0.1) is 0 Å². The van der Waals surface area contributed by atoms with E-state index in [2.05, 4.69) is 24.4 Å². The lowest BCUT2D eigenvalue weighted by Gasteiger charge is -2.38. The molecule has 0 saturated heterocycles. The van der Waals surface area contributed by atoms with Crippen molar-refractivity contribution in [3.05, 3.63) is 35.4 Å². The van der Waals surface area contributed by atoms with Gasteiger partial charge >= 0.3 is 0 Å². The van der Waals surface area contributed by atoms with Crippen LogP contribution in [0, 0.1) is 5.92 Å². The SMILES string of the molecule is CNC1c2ccccc2C(C)CC1S(=O)(=O)C(C)C(C)C. The fourth-order valence-electron chi connectivity index (χ4n) is 3.37. The van der Waals surface area contributed by atoms with E-state index in [4.69, 9.17) is 0 Å². The fraction of sp³-hybridized carbons (Fsp3) is 0.647. The minimum atomic E-state index is -3.16. The Hall–Kier alpha value is -0.870. The molecule has 0 spiro atoms. The predicted octanol–water partition coefficient (Wildman–Crippen LogP) is 3.28. The Kier molecular flexibility index (Phi) is 4.79. The zero-order valence-electron chi connectivity index (χ0n) is 13.6. The summed E-state index contributed by atoms with van der Waals surface area (Å²) in [6.07, 6.45) is 0.696. The molecular formula is C17H27NO2S. The van der Waals surface area contributed by atoms with Crippen molar-refractivity contribution in [3.8, 4) is 0 Å². The van der Waals surface area contributed by atoms with Gasteiger partial charge in [0.05, 0.1) is 10.5 Å². The van der Waals surface area contributed by atoms with E-state index in [-0.39, 0.29) is 28.4 Å². The number of hydrogen-bond donors (Lipinski definition) is 1. The monoisotopic (exact) mass is 309 g/mol. The summed E-state index contributed by atoms with van der Waals surface area (Å²) in [7, 11) is -1.30. The van der Waals surface area contributed by atoms with Crippen molar-refractivity contribution >= 4 is 9.84 Å². The number of sulfone groups is 1. The molecule has 0 radical (unpaired) electrons. The van der Waals surface area contributed by atoms with Gasteiger partial charge in [-0.1, -0.05) is 45.0 Å². The van der Waals surface area contributed by atoms with Crippen molar-refractivity contribution in [2.45, 2.75) is 56.6 Å². The molecule has 1 aliphatic rings. The second-order valence-electron chi connectivity index (χ2n) is 6.61. The van der Waals surface area contributed by atoms with E-state index in [1.165, 1.54) is 5.56 Å².